The summed E-state index contributed by atoms with van der Waals surface area (Å²) in [5, 5.41) is 18.1. The summed E-state index contributed by atoms with van der Waals surface area (Å²) >= 11 is 0. The normalized spacial score (nSPS) is 26.3. The predicted molar refractivity (Wildman–Crippen MR) is 55.5 cm³/mol. The molecule has 15 heavy (non-hydrogen) atoms. The predicted octanol–water partition coefficient (Wildman–Crippen LogP) is -1.07. The molecule has 1 rings (SSSR count). The van der Waals surface area contributed by atoms with Crippen molar-refractivity contribution < 1.29 is 14.6 Å². The Hall–Kier alpha value is -0.690. The molecule has 0 radical (unpaired) electrons. The zero-order valence-electron chi connectivity index (χ0n) is 8.79. The second-order valence-corrected chi connectivity index (χ2v) is 3.47. The van der Waals surface area contributed by atoms with Crippen molar-refractivity contribution >= 4 is 5.97 Å². The quantitative estimate of drug-likeness (QED) is 0.448. The number of hydrogen-bond donors (Lipinski definition) is 4. The van der Waals surface area contributed by atoms with E-state index >= 15 is 0 Å². The third kappa shape index (κ3) is 5.68. The highest BCUT2D eigenvalue weighted by Crippen LogP contribution is 1.93. The average molecular weight is 217 g/mol. The Balaban J connectivity index is 2.28. The van der Waals surface area contributed by atoms with Crippen molar-refractivity contribution in [3.63, 3.8) is 0 Å². The number of nitrogens with one attached hydrogen (secondary N) is 3. The molecular formula is C9H19N3O3. The van der Waals surface area contributed by atoms with Crippen LogP contribution in [0, 0.1) is 0 Å². The maximum absolute atomic E-state index is 10.8. The summed E-state index contributed by atoms with van der Waals surface area (Å²) in [6, 6.07) is -0.531. The van der Waals surface area contributed by atoms with Crippen LogP contribution in [0.2, 0.25) is 0 Å². The van der Waals surface area contributed by atoms with Crippen molar-refractivity contribution in [2.24, 2.45) is 0 Å². The van der Waals surface area contributed by atoms with E-state index in [1.807, 2.05) is 0 Å². The first-order valence-electron chi connectivity index (χ1n) is 5.26. The Labute approximate surface area is 89.4 Å². The molecule has 88 valence electrons. The molecule has 1 aliphatic rings. The molecule has 6 nitrogen and oxygen atoms in total. The minimum atomic E-state index is -0.828. The van der Waals surface area contributed by atoms with Crippen molar-refractivity contribution in [1.29, 1.82) is 0 Å². The minimum Gasteiger partial charge on any atom is -0.480 e. The van der Waals surface area contributed by atoms with E-state index in [-0.39, 0.29) is 0 Å². The van der Waals surface area contributed by atoms with Gasteiger partial charge in [0.05, 0.1) is 13.3 Å². The molecule has 1 aliphatic heterocycles. The Kier molecular flexibility index (Phi) is 6.26. The molecule has 0 aromatic rings. The van der Waals surface area contributed by atoms with E-state index in [0.29, 0.717) is 26.4 Å². The summed E-state index contributed by atoms with van der Waals surface area (Å²) in [4.78, 5) is 10.8. The Morgan fingerprint density at radius 2 is 2.13 bits per heavy atom. The summed E-state index contributed by atoms with van der Waals surface area (Å²) in [5.41, 5.74) is 0. The van der Waals surface area contributed by atoms with Gasteiger partial charge in [0.1, 0.15) is 6.04 Å². The molecule has 0 amide bonds. The highest BCUT2D eigenvalue weighted by Gasteiger charge is 2.15. The lowest BCUT2D eigenvalue weighted by Crippen LogP contribution is -2.43. The largest absolute Gasteiger partial charge is 0.480 e. The summed E-state index contributed by atoms with van der Waals surface area (Å²) in [6.45, 7) is 3.25. The Morgan fingerprint density at radius 1 is 1.33 bits per heavy atom. The fraction of sp³-hybridized carbons (Fsp3) is 0.889. The van der Waals surface area contributed by atoms with Crippen LogP contribution in [-0.4, -0.2) is 50.2 Å². The molecule has 1 saturated heterocycles. The second kappa shape index (κ2) is 7.58. The number of carbonyl (C=O) groups is 1. The van der Waals surface area contributed by atoms with Gasteiger partial charge in [-0.25, -0.2) is 0 Å². The van der Waals surface area contributed by atoms with Gasteiger partial charge in [0.15, 0.2) is 0 Å². The number of carboxylic acid groups (broad SMARTS) is 1. The number of carboxylic acids is 1. The van der Waals surface area contributed by atoms with Crippen LogP contribution in [-0.2, 0) is 9.53 Å². The van der Waals surface area contributed by atoms with Crippen molar-refractivity contribution in [2.45, 2.75) is 18.9 Å². The monoisotopic (exact) mass is 217 g/mol. The number of hydrogen-bond acceptors (Lipinski definition) is 5. The second-order valence-electron chi connectivity index (χ2n) is 3.47. The lowest BCUT2D eigenvalue weighted by atomic mass is 10.2. The van der Waals surface area contributed by atoms with E-state index in [2.05, 4.69) is 16.0 Å². The summed E-state index contributed by atoms with van der Waals surface area (Å²) in [7, 11) is 0. The van der Waals surface area contributed by atoms with Gasteiger partial charge in [-0.2, -0.15) is 0 Å². The topological polar surface area (TPSA) is 82.6 Å². The Bertz CT molecular complexity index is 177. The third-order valence-electron chi connectivity index (χ3n) is 2.23. The van der Waals surface area contributed by atoms with Crippen LogP contribution in [0.15, 0.2) is 0 Å². The van der Waals surface area contributed by atoms with Gasteiger partial charge in [-0.3, -0.25) is 15.4 Å². The van der Waals surface area contributed by atoms with Crippen LogP contribution in [0.5, 0.6) is 0 Å². The van der Waals surface area contributed by atoms with Gasteiger partial charge >= 0.3 is 5.97 Å². The van der Waals surface area contributed by atoms with Crippen molar-refractivity contribution in [2.75, 3.05) is 33.1 Å². The maximum atomic E-state index is 10.8. The van der Waals surface area contributed by atoms with Gasteiger partial charge < -0.3 is 15.2 Å². The highest BCUT2D eigenvalue weighted by atomic mass is 16.5. The summed E-state index contributed by atoms with van der Waals surface area (Å²) in [6.07, 6.45) is 1.49. The molecule has 1 unspecified atom stereocenters. The number of ether oxygens (including phenoxy) is 1. The number of rotatable bonds is 1. The molecule has 0 aromatic carbocycles. The molecule has 0 saturated carbocycles. The average Bonchev–Trinajstić information content (AvgIpc) is 2.18. The van der Waals surface area contributed by atoms with E-state index in [1.54, 1.807) is 0 Å². The maximum Gasteiger partial charge on any atom is 0.320 e. The van der Waals surface area contributed by atoms with E-state index in [4.69, 9.17) is 9.84 Å². The fourth-order valence-electron chi connectivity index (χ4n) is 1.35. The van der Waals surface area contributed by atoms with Crippen LogP contribution < -0.4 is 16.0 Å². The van der Waals surface area contributed by atoms with Crippen LogP contribution in [0.3, 0.4) is 0 Å². The SMILES string of the molecule is O=C(O)C1CCOCNCCCNCN1. The van der Waals surface area contributed by atoms with Crippen molar-refractivity contribution in [3.05, 3.63) is 0 Å². The van der Waals surface area contributed by atoms with E-state index in [0.717, 1.165) is 19.5 Å². The van der Waals surface area contributed by atoms with E-state index in [9.17, 15) is 4.79 Å². The molecule has 0 aliphatic carbocycles. The first kappa shape index (κ1) is 12.4. The lowest BCUT2D eigenvalue weighted by Gasteiger charge is -2.16. The van der Waals surface area contributed by atoms with E-state index < -0.39 is 12.0 Å². The van der Waals surface area contributed by atoms with E-state index in [1.165, 1.54) is 0 Å². The molecule has 4 N–H and O–H groups in total. The van der Waals surface area contributed by atoms with Gasteiger partial charge in [-0.15, -0.1) is 0 Å². The fourth-order valence-corrected chi connectivity index (χ4v) is 1.35. The summed E-state index contributed by atoms with van der Waals surface area (Å²) < 4.78 is 5.25. The van der Waals surface area contributed by atoms with Gasteiger partial charge in [-0.05, 0) is 25.9 Å². The van der Waals surface area contributed by atoms with Gasteiger partial charge in [0, 0.05) is 6.67 Å². The molecule has 0 aromatic heterocycles. The molecule has 1 heterocycles. The van der Waals surface area contributed by atoms with Crippen LogP contribution >= 0.6 is 0 Å². The zero-order valence-corrected chi connectivity index (χ0v) is 8.79. The van der Waals surface area contributed by atoms with Gasteiger partial charge in [-0.1, -0.05) is 0 Å². The van der Waals surface area contributed by atoms with Crippen molar-refractivity contribution in [1.82, 2.24) is 16.0 Å². The van der Waals surface area contributed by atoms with Crippen LogP contribution in [0.25, 0.3) is 0 Å². The standard InChI is InChI=1S/C9H19N3O3/c13-9(14)8-2-5-15-7-11-4-1-3-10-6-12-8/h8,10-12H,1-7H2,(H,13,14). The van der Waals surface area contributed by atoms with Gasteiger partial charge in [0.25, 0.3) is 0 Å². The summed E-state index contributed by atoms with van der Waals surface area (Å²) in [5.74, 6) is -0.828. The van der Waals surface area contributed by atoms with Crippen LogP contribution in [0.1, 0.15) is 12.8 Å². The first-order chi connectivity index (χ1) is 7.30. The van der Waals surface area contributed by atoms with Gasteiger partial charge in [0.2, 0.25) is 0 Å². The third-order valence-corrected chi connectivity index (χ3v) is 2.23. The zero-order chi connectivity index (χ0) is 10.9. The molecule has 6 heteroatoms. The molecular weight excluding hydrogens is 198 g/mol. The Morgan fingerprint density at radius 3 is 2.93 bits per heavy atom. The molecule has 1 atom stereocenters. The lowest BCUT2D eigenvalue weighted by molar-refractivity contribution is -0.140. The molecule has 0 spiro atoms. The molecule has 0 bridgehead atoms. The van der Waals surface area contributed by atoms with Crippen molar-refractivity contribution in [3.8, 4) is 0 Å². The minimum absolute atomic E-state index is 0.455. The highest BCUT2D eigenvalue weighted by molar-refractivity contribution is 5.73. The smallest absolute Gasteiger partial charge is 0.320 e. The first-order valence-corrected chi connectivity index (χ1v) is 5.26. The number of aliphatic carboxylic acids is 1. The molecule has 1 fully saturated rings. The van der Waals surface area contributed by atoms with Crippen LogP contribution in [0.4, 0.5) is 0 Å².